The minimum absolute atomic E-state index is 0.0909. The summed E-state index contributed by atoms with van der Waals surface area (Å²) in [7, 11) is 0. The van der Waals surface area contributed by atoms with E-state index in [0.29, 0.717) is 39.1 Å². The standard InChI is InChI=1S/C23H15Cl2NO4S/c24-16-8-7-15(18(25)12-16)13-29-17-9-5-14(6-10-17)11-21(22(27)28)31-23-26-19-3-1-2-4-20(19)30-23/h1-12H,13H2,(H,27,28)/b21-11-. The molecule has 0 spiro atoms. The zero-order valence-corrected chi connectivity index (χ0v) is 18.2. The average molecular weight is 472 g/mol. The fourth-order valence-corrected chi connectivity index (χ4v) is 3.94. The number of hydrogen-bond acceptors (Lipinski definition) is 5. The van der Waals surface area contributed by atoms with Gasteiger partial charge in [0.05, 0.1) is 0 Å². The van der Waals surface area contributed by atoms with Gasteiger partial charge < -0.3 is 14.3 Å². The van der Waals surface area contributed by atoms with Crippen molar-refractivity contribution in [2.75, 3.05) is 0 Å². The Kier molecular flexibility index (Phi) is 6.51. The monoisotopic (exact) mass is 471 g/mol. The van der Waals surface area contributed by atoms with Gasteiger partial charge in [-0.1, -0.05) is 53.5 Å². The van der Waals surface area contributed by atoms with Crippen LogP contribution in [0.1, 0.15) is 11.1 Å². The van der Waals surface area contributed by atoms with E-state index in [2.05, 4.69) is 4.98 Å². The number of hydrogen-bond donors (Lipinski definition) is 1. The van der Waals surface area contributed by atoms with Crippen molar-refractivity contribution < 1.29 is 19.1 Å². The molecule has 0 aliphatic heterocycles. The maximum Gasteiger partial charge on any atom is 0.342 e. The van der Waals surface area contributed by atoms with E-state index < -0.39 is 5.97 Å². The molecule has 4 rings (SSSR count). The van der Waals surface area contributed by atoms with Crippen molar-refractivity contribution in [1.82, 2.24) is 4.98 Å². The molecular formula is C23H15Cl2NO4S. The highest BCUT2D eigenvalue weighted by Gasteiger charge is 2.15. The summed E-state index contributed by atoms with van der Waals surface area (Å²) >= 11 is 13.0. The Balaban J connectivity index is 1.46. The van der Waals surface area contributed by atoms with Crippen LogP contribution in [0.5, 0.6) is 5.75 Å². The number of carbonyl (C=O) groups is 1. The van der Waals surface area contributed by atoms with Gasteiger partial charge in [0.2, 0.25) is 0 Å². The summed E-state index contributed by atoms with van der Waals surface area (Å²) in [6.07, 6.45) is 1.56. The third-order valence-corrected chi connectivity index (χ3v) is 5.72. The number of rotatable bonds is 7. The van der Waals surface area contributed by atoms with Gasteiger partial charge in [-0.3, -0.25) is 0 Å². The van der Waals surface area contributed by atoms with Crippen LogP contribution in [0, 0.1) is 0 Å². The molecule has 156 valence electrons. The smallest absolute Gasteiger partial charge is 0.342 e. The number of nitrogens with zero attached hydrogens (tertiary/aromatic N) is 1. The highest BCUT2D eigenvalue weighted by molar-refractivity contribution is 8.03. The van der Waals surface area contributed by atoms with E-state index >= 15 is 0 Å². The lowest BCUT2D eigenvalue weighted by atomic mass is 10.2. The van der Waals surface area contributed by atoms with E-state index in [0.717, 1.165) is 17.3 Å². The van der Waals surface area contributed by atoms with Crippen LogP contribution in [0.15, 0.2) is 81.3 Å². The minimum Gasteiger partial charge on any atom is -0.489 e. The first-order valence-electron chi connectivity index (χ1n) is 9.13. The van der Waals surface area contributed by atoms with E-state index in [-0.39, 0.29) is 10.1 Å². The molecule has 1 heterocycles. The van der Waals surface area contributed by atoms with Crippen LogP contribution in [-0.4, -0.2) is 16.1 Å². The number of carboxylic acid groups (broad SMARTS) is 1. The Bertz CT molecular complexity index is 1240. The fraction of sp³-hybridized carbons (Fsp3) is 0.0435. The van der Waals surface area contributed by atoms with Crippen molar-refractivity contribution >= 4 is 58.1 Å². The van der Waals surface area contributed by atoms with E-state index in [9.17, 15) is 9.90 Å². The van der Waals surface area contributed by atoms with Crippen molar-refractivity contribution in [3.05, 3.63) is 92.8 Å². The van der Waals surface area contributed by atoms with E-state index in [1.165, 1.54) is 0 Å². The quantitative estimate of drug-likeness (QED) is 0.232. The molecule has 5 nitrogen and oxygen atoms in total. The molecular weight excluding hydrogens is 457 g/mol. The zero-order valence-electron chi connectivity index (χ0n) is 15.9. The lowest BCUT2D eigenvalue weighted by Crippen LogP contribution is -1.97. The number of aromatic nitrogens is 1. The molecule has 3 aromatic carbocycles. The number of fused-ring (bicyclic) bond motifs is 1. The SMILES string of the molecule is O=C(O)/C(=C/c1ccc(OCc2ccc(Cl)cc2Cl)cc1)Sc1nc2ccccc2o1. The summed E-state index contributed by atoms with van der Waals surface area (Å²) in [5.41, 5.74) is 2.81. The van der Waals surface area contributed by atoms with Crippen LogP contribution in [0.4, 0.5) is 0 Å². The number of benzene rings is 3. The Labute approximate surface area is 192 Å². The van der Waals surface area contributed by atoms with E-state index in [1.54, 1.807) is 48.5 Å². The zero-order chi connectivity index (χ0) is 21.8. The number of carboxylic acids is 1. The van der Waals surface area contributed by atoms with Crippen molar-refractivity contribution in [3.8, 4) is 5.75 Å². The molecule has 0 saturated heterocycles. The molecule has 8 heteroatoms. The summed E-state index contributed by atoms with van der Waals surface area (Å²) in [6.45, 7) is 0.291. The number of oxazole rings is 1. The minimum atomic E-state index is -1.06. The van der Waals surface area contributed by atoms with Gasteiger partial charge >= 0.3 is 5.97 Å². The molecule has 0 bridgehead atoms. The highest BCUT2D eigenvalue weighted by atomic mass is 35.5. The van der Waals surface area contributed by atoms with Gasteiger partial charge in [-0.15, -0.1) is 0 Å². The molecule has 0 aliphatic carbocycles. The lowest BCUT2D eigenvalue weighted by Gasteiger charge is -2.08. The maximum atomic E-state index is 11.7. The van der Waals surface area contributed by atoms with Gasteiger partial charge in [0.15, 0.2) is 5.58 Å². The Morgan fingerprint density at radius 3 is 2.58 bits per heavy atom. The predicted molar refractivity (Wildman–Crippen MR) is 123 cm³/mol. The highest BCUT2D eigenvalue weighted by Crippen LogP contribution is 2.31. The normalized spacial score (nSPS) is 11.6. The average Bonchev–Trinajstić information content (AvgIpc) is 3.16. The molecule has 1 aromatic heterocycles. The van der Waals surface area contributed by atoms with Crippen molar-refractivity contribution in [1.29, 1.82) is 0 Å². The topological polar surface area (TPSA) is 72.6 Å². The summed E-state index contributed by atoms with van der Waals surface area (Å²) < 4.78 is 11.4. The van der Waals surface area contributed by atoms with Gasteiger partial charge in [0.25, 0.3) is 5.22 Å². The van der Waals surface area contributed by atoms with Gasteiger partial charge in [-0.2, -0.15) is 0 Å². The van der Waals surface area contributed by atoms with E-state index in [4.69, 9.17) is 32.4 Å². The third kappa shape index (κ3) is 5.41. The summed E-state index contributed by atoms with van der Waals surface area (Å²) in [6, 6.07) is 19.6. The molecule has 0 fully saturated rings. The molecule has 0 saturated carbocycles. The summed E-state index contributed by atoms with van der Waals surface area (Å²) in [5, 5.41) is 10.9. The van der Waals surface area contributed by atoms with Crippen molar-refractivity contribution in [3.63, 3.8) is 0 Å². The third-order valence-electron chi connectivity index (χ3n) is 4.27. The molecule has 4 aromatic rings. The Hall–Kier alpha value is -2.93. The predicted octanol–water partition coefficient (Wildman–Crippen LogP) is 6.93. The first kappa shape index (κ1) is 21.3. The summed E-state index contributed by atoms with van der Waals surface area (Å²) in [4.78, 5) is 16.1. The molecule has 0 unspecified atom stereocenters. The second-order valence-corrected chi connectivity index (χ2v) is 8.29. The lowest BCUT2D eigenvalue weighted by molar-refractivity contribution is -0.131. The molecule has 0 radical (unpaired) electrons. The number of halogens is 2. The number of aliphatic carboxylic acids is 1. The molecule has 0 amide bonds. The first-order chi connectivity index (χ1) is 15.0. The molecule has 0 aliphatic rings. The molecule has 0 atom stereocenters. The van der Waals surface area contributed by atoms with Crippen LogP contribution in [0.3, 0.4) is 0 Å². The maximum absolute atomic E-state index is 11.7. The van der Waals surface area contributed by atoms with Gasteiger partial charge in [0.1, 0.15) is 22.8 Å². The van der Waals surface area contributed by atoms with Crippen LogP contribution >= 0.6 is 35.0 Å². The molecule has 31 heavy (non-hydrogen) atoms. The van der Waals surface area contributed by atoms with Crippen molar-refractivity contribution in [2.45, 2.75) is 11.8 Å². The summed E-state index contributed by atoms with van der Waals surface area (Å²) in [5.74, 6) is -0.434. The van der Waals surface area contributed by atoms with Gasteiger partial charge in [0, 0.05) is 15.6 Å². The largest absolute Gasteiger partial charge is 0.489 e. The second-order valence-electron chi connectivity index (χ2n) is 6.46. The Morgan fingerprint density at radius 2 is 1.87 bits per heavy atom. The van der Waals surface area contributed by atoms with Gasteiger partial charge in [-0.05, 0) is 59.8 Å². The van der Waals surface area contributed by atoms with Crippen LogP contribution in [-0.2, 0) is 11.4 Å². The second kappa shape index (κ2) is 9.47. The van der Waals surface area contributed by atoms with E-state index in [1.807, 2.05) is 24.3 Å². The number of para-hydroxylation sites is 2. The van der Waals surface area contributed by atoms with Gasteiger partial charge in [-0.25, -0.2) is 9.78 Å². The van der Waals surface area contributed by atoms with Crippen LogP contribution in [0.2, 0.25) is 10.0 Å². The van der Waals surface area contributed by atoms with Crippen LogP contribution < -0.4 is 4.74 Å². The van der Waals surface area contributed by atoms with Crippen LogP contribution in [0.25, 0.3) is 17.2 Å². The first-order valence-corrected chi connectivity index (χ1v) is 10.7. The molecule has 1 N–H and O–H groups in total. The number of ether oxygens (including phenoxy) is 1. The Morgan fingerprint density at radius 1 is 1.10 bits per heavy atom. The fourth-order valence-electron chi connectivity index (χ4n) is 2.74. The van der Waals surface area contributed by atoms with Crippen molar-refractivity contribution in [2.24, 2.45) is 0 Å². The number of thioether (sulfide) groups is 1.